The molecule has 17 heavy (non-hydrogen) atoms. The maximum absolute atomic E-state index is 11.1. The van der Waals surface area contributed by atoms with Gasteiger partial charge in [0, 0.05) is 44.5 Å². The van der Waals surface area contributed by atoms with Crippen LogP contribution in [-0.4, -0.2) is 37.8 Å². The van der Waals surface area contributed by atoms with Gasteiger partial charge in [-0.05, 0) is 13.0 Å². The average molecular weight is 239 g/mol. The van der Waals surface area contributed by atoms with E-state index in [4.69, 9.17) is 4.74 Å². The Labute approximate surface area is 102 Å². The number of rotatable bonds is 8. The summed E-state index contributed by atoms with van der Waals surface area (Å²) in [6.45, 7) is 5.22. The van der Waals surface area contributed by atoms with Gasteiger partial charge in [-0.15, -0.1) is 0 Å². The standard InChI is InChI=1S/C12H21N3O2/c1-10(8-13-6-7-17-2)14-9-11-4-3-5-12(16)15-11/h3-5,10,13-14H,6-9H2,1-2H3,(H,15,16). The minimum absolute atomic E-state index is 0.0600. The quantitative estimate of drug-likeness (QED) is 0.562. The van der Waals surface area contributed by atoms with Gasteiger partial charge in [0.1, 0.15) is 0 Å². The Balaban J connectivity index is 2.19. The van der Waals surface area contributed by atoms with Crippen molar-refractivity contribution in [3.63, 3.8) is 0 Å². The first-order valence-corrected chi connectivity index (χ1v) is 5.83. The molecule has 0 aromatic carbocycles. The second kappa shape index (κ2) is 8.00. The predicted molar refractivity (Wildman–Crippen MR) is 68.1 cm³/mol. The Morgan fingerprint density at radius 3 is 3.00 bits per heavy atom. The molecule has 5 heteroatoms. The van der Waals surface area contributed by atoms with Gasteiger partial charge in [-0.2, -0.15) is 0 Å². The summed E-state index contributed by atoms with van der Waals surface area (Å²) in [5.74, 6) is 0. The third kappa shape index (κ3) is 6.21. The number of ether oxygens (including phenoxy) is 1. The van der Waals surface area contributed by atoms with E-state index in [0.717, 1.165) is 25.4 Å². The Kier molecular flexibility index (Phi) is 6.54. The van der Waals surface area contributed by atoms with E-state index in [1.165, 1.54) is 6.07 Å². The Hall–Kier alpha value is -1.17. The van der Waals surface area contributed by atoms with Crippen LogP contribution in [0.1, 0.15) is 12.6 Å². The van der Waals surface area contributed by atoms with Gasteiger partial charge >= 0.3 is 0 Å². The third-order valence-corrected chi connectivity index (χ3v) is 2.40. The Morgan fingerprint density at radius 2 is 2.29 bits per heavy atom. The molecule has 1 aromatic heterocycles. The third-order valence-electron chi connectivity index (χ3n) is 2.40. The first-order chi connectivity index (χ1) is 8.22. The van der Waals surface area contributed by atoms with Crippen LogP contribution in [0.4, 0.5) is 0 Å². The first-order valence-electron chi connectivity index (χ1n) is 5.83. The van der Waals surface area contributed by atoms with Crippen molar-refractivity contribution in [3.05, 3.63) is 34.2 Å². The van der Waals surface area contributed by atoms with Gasteiger partial charge in [0.15, 0.2) is 0 Å². The van der Waals surface area contributed by atoms with Crippen LogP contribution < -0.4 is 16.2 Å². The first kappa shape index (κ1) is 13.9. The van der Waals surface area contributed by atoms with Crippen molar-refractivity contribution < 1.29 is 4.74 Å². The molecule has 0 amide bonds. The van der Waals surface area contributed by atoms with Gasteiger partial charge < -0.3 is 20.4 Å². The molecule has 0 aliphatic carbocycles. The van der Waals surface area contributed by atoms with Gasteiger partial charge in [-0.25, -0.2) is 0 Å². The van der Waals surface area contributed by atoms with E-state index in [2.05, 4.69) is 22.5 Å². The zero-order valence-corrected chi connectivity index (χ0v) is 10.5. The lowest BCUT2D eigenvalue weighted by molar-refractivity contribution is 0.198. The molecule has 0 aliphatic rings. The molecular weight excluding hydrogens is 218 g/mol. The van der Waals surface area contributed by atoms with Crippen molar-refractivity contribution in [3.8, 4) is 0 Å². The summed E-state index contributed by atoms with van der Waals surface area (Å²) in [5, 5.41) is 6.60. The van der Waals surface area contributed by atoms with Crippen molar-refractivity contribution in [1.29, 1.82) is 0 Å². The number of pyridine rings is 1. The predicted octanol–water partition coefficient (Wildman–Crippen LogP) is 0.0890. The number of aromatic amines is 1. The number of methoxy groups -OCH3 is 1. The van der Waals surface area contributed by atoms with E-state index >= 15 is 0 Å². The molecule has 0 saturated heterocycles. The molecule has 0 bridgehead atoms. The van der Waals surface area contributed by atoms with E-state index in [1.54, 1.807) is 13.2 Å². The fourth-order valence-electron chi connectivity index (χ4n) is 1.45. The highest BCUT2D eigenvalue weighted by Crippen LogP contribution is 1.90. The highest BCUT2D eigenvalue weighted by molar-refractivity contribution is 5.03. The number of hydrogen-bond acceptors (Lipinski definition) is 4. The molecule has 3 N–H and O–H groups in total. The molecule has 0 saturated carbocycles. The number of hydrogen-bond donors (Lipinski definition) is 3. The van der Waals surface area contributed by atoms with Gasteiger partial charge in [0.2, 0.25) is 5.56 Å². The van der Waals surface area contributed by atoms with E-state index in [-0.39, 0.29) is 5.56 Å². The molecular formula is C12H21N3O2. The highest BCUT2D eigenvalue weighted by atomic mass is 16.5. The second-order valence-corrected chi connectivity index (χ2v) is 4.02. The molecule has 5 nitrogen and oxygen atoms in total. The molecule has 0 aliphatic heterocycles. The largest absolute Gasteiger partial charge is 0.383 e. The summed E-state index contributed by atoms with van der Waals surface area (Å²) in [6, 6.07) is 5.52. The van der Waals surface area contributed by atoms with Gasteiger partial charge in [0.25, 0.3) is 0 Å². The summed E-state index contributed by atoms with van der Waals surface area (Å²) < 4.78 is 4.94. The molecule has 0 radical (unpaired) electrons. The molecule has 1 rings (SSSR count). The van der Waals surface area contributed by atoms with Gasteiger partial charge in [-0.3, -0.25) is 4.79 Å². The van der Waals surface area contributed by atoms with E-state index in [1.807, 2.05) is 6.07 Å². The number of nitrogens with one attached hydrogen (secondary N) is 3. The zero-order valence-electron chi connectivity index (χ0n) is 10.5. The molecule has 0 fully saturated rings. The molecule has 1 heterocycles. The maximum atomic E-state index is 11.1. The summed E-state index contributed by atoms with van der Waals surface area (Å²) in [4.78, 5) is 13.8. The maximum Gasteiger partial charge on any atom is 0.248 e. The van der Waals surface area contributed by atoms with Crippen LogP contribution in [-0.2, 0) is 11.3 Å². The topological polar surface area (TPSA) is 66.2 Å². The smallest absolute Gasteiger partial charge is 0.248 e. The Bertz CT molecular complexity index is 365. The summed E-state index contributed by atoms with van der Waals surface area (Å²) in [5.41, 5.74) is 0.844. The van der Waals surface area contributed by atoms with Crippen LogP contribution in [0.15, 0.2) is 23.0 Å². The molecule has 96 valence electrons. The monoisotopic (exact) mass is 239 g/mol. The zero-order chi connectivity index (χ0) is 12.5. The van der Waals surface area contributed by atoms with Crippen molar-refractivity contribution in [2.45, 2.75) is 19.5 Å². The van der Waals surface area contributed by atoms with Crippen LogP contribution in [0.2, 0.25) is 0 Å². The fraction of sp³-hybridized carbons (Fsp3) is 0.583. The van der Waals surface area contributed by atoms with Crippen molar-refractivity contribution >= 4 is 0 Å². The summed E-state index contributed by atoms with van der Waals surface area (Å²) >= 11 is 0. The van der Waals surface area contributed by atoms with Crippen LogP contribution >= 0.6 is 0 Å². The average Bonchev–Trinajstić information content (AvgIpc) is 2.32. The minimum atomic E-state index is -0.0600. The second-order valence-electron chi connectivity index (χ2n) is 4.02. The lowest BCUT2D eigenvalue weighted by Crippen LogP contribution is -2.37. The van der Waals surface area contributed by atoms with Crippen LogP contribution in [0.5, 0.6) is 0 Å². The molecule has 1 unspecified atom stereocenters. The highest BCUT2D eigenvalue weighted by Gasteiger charge is 2.01. The number of H-pyrrole nitrogens is 1. The lowest BCUT2D eigenvalue weighted by atomic mass is 10.3. The van der Waals surface area contributed by atoms with Crippen LogP contribution in [0.25, 0.3) is 0 Å². The summed E-state index contributed by atoms with van der Waals surface area (Å²) in [7, 11) is 1.69. The minimum Gasteiger partial charge on any atom is -0.383 e. The molecule has 0 spiro atoms. The normalized spacial score (nSPS) is 12.6. The molecule has 1 atom stereocenters. The van der Waals surface area contributed by atoms with E-state index < -0.39 is 0 Å². The SMILES string of the molecule is COCCNCC(C)NCc1cccc(=O)[nH]1. The van der Waals surface area contributed by atoms with E-state index in [0.29, 0.717) is 12.6 Å². The fourth-order valence-corrected chi connectivity index (χ4v) is 1.45. The van der Waals surface area contributed by atoms with Crippen molar-refractivity contribution in [2.75, 3.05) is 26.8 Å². The summed E-state index contributed by atoms with van der Waals surface area (Å²) in [6.07, 6.45) is 0. The van der Waals surface area contributed by atoms with Crippen LogP contribution in [0.3, 0.4) is 0 Å². The van der Waals surface area contributed by atoms with Gasteiger partial charge in [0.05, 0.1) is 6.61 Å². The van der Waals surface area contributed by atoms with Crippen LogP contribution in [0, 0.1) is 0 Å². The Morgan fingerprint density at radius 1 is 1.47 bits per heavy atom. The number of aromatic nitrogens is 1. The van der Waals surface area contributed by atoms with Crippen molar-refractivity contribution in [1.82, 2.24) is 15.6 Å². The molecule has 1 aromatic rings. The van der Waals surface area contributed by atoms with Gasteiger partial charge in [-0.1, -0.05) is 6.07 Å². The lowest BCUT2D eigenvalue weighted by Gasteiger charge is -2.14. The van der Waals surface area contributed by atoms with Crippen molar-refractivity contribution in [2.24, 2.45) is 0 Å². The van der Waals surface area contributed by atoms with E-state index in [9.17, 15) is 4.79 Å².